The number of aliphatic hydroxyl groups excluding tert-OH is 1. The van der Waals surface area contributed by atoms with E-state index < -0.39 is 5.60 Å². The minimum Gasteiger partial charge on any atom is -0.457 e. The van der Waals surface area contributed by atoms with Crippen molar-refractivity contribution in [3.63, 3.8) is 0 Å². The second kappa shape index (κ2) is 10.3. The first-order valence-corrected chi connectivity index (χ1v) is 12.0. The number of anilines is 2. The van der Waals surface area contributed by atoms with Gasteiger partial charge in [0.1, 0.15) is 29.2 Å². The molecule has 0 bridgehead atoms. The van der Waals surface area contributed by atoms with Crippen LogP contribution in [0.2, 0.25) is 0 Å². The third-order valence-electron chi connectivity index (χ3n) is 6.44. The van der Waals surface area contributed by atoms with Gasteiger partial charge in [-0.1, -0.05) is 30.0 Å². The number of aryl methyl sites for hydroxylation is 1. The molecule has 1 aromatic heterocycles. The predicted octanol–water partition coefficient (Wildman–Crippen LogP) is 4.16. The van der Waals surface area contributed by atoms with Crippen molar-refractivity contribution in [2.45, 2.75) is 18.9 Å². The molecule has 0 saturated carbocycles. The Kier molecular flexibility index (Phi) is 6.83. The van der Waals surface area contributed by atoms with Crippen LogP contribution < -0.4 is 15.4 Å². The van der Waals surface area contributed by atoms with Gasteiger partial charge < -0.3 is 25.6 Å². The summed E-state index contributed by atoms with van der Waals surface area (Å²) in [5, 5.41) is 28.0. The third-order valence-corrected chi connectivity index (χ3v) is 6.44. The molecule has 0 amide bonds. The Hall–Kier alpha value is -3.96. The molecule has 1 aliphatic heterocycles. The number of hydrogen-bond donors (Lipinski definition) is 4. The normalized spacial score (nSPS) is 19.4. The van der Waals surface area contributed by atoms with Gasteiger partial charge in [-0.15, -0.1) is 0 Å². The van der Waals surface area contributed by atoms with Gasteiger partial charge in [-0.25, -0.2) is 9.97 Å². The number of nitrogens with zero attached hydrogens (tertiary/aromatic N) is 2. The SMILES string of the molecule is Cc1cc(Nc2ncnc3ccc(C#CC4(O)CCNCC4CO)cc23)ccc1Oc1ccccc1. The molecule has 4 N–H and O–H groups in total. The smallest absolute Gasteiger partial charge is 0.141 e. The van der Waals surface area contributed by atoms with Crippen molar-refractivity contribution in [2.75, 3.05) is 25.0 Å². The Bertz CT molecular complexity index is 1430. The molecule has 2 heterocycles. The zero-order chi connectivity index (χ0) is 25.0. The van der Waals surface area contributed by atoms with E-state index in [4.69, 9.17) is 4.74 Å². The van der Waals surface area contributed by atoms with Crippen LogP contribution in [0.1, 0.15) is 17.5 Å². The molecule has 182 valence electrons. The number of aromatic nitrogens is 2. The molecule has 5 rings (SSSR count). The number of ether oxygens (including phenoxy) is 1. The van der Waals surface area contributed by atoms with Gasteiger partial charge in [0.25, 0.3) is 0 Å². The van der Waals surface area contributed by atoms with Gasteiger partial charge in [-0.05, 0) is 67.6 Å². The van der Waals surface area contributed by atoms with Crippen LogP contribution in [-0.2, 0) is 0 Å². The molecule has 1 fully saturated rings. The summed E-state index contributed by atoms with van der Waals surface area (Å²) in [6.07, 6.45) is 2.00. The van der Waals surface area contributed by atoms with Gasteiger partial charge in [0, 0.05) is 35.5 Å². The lowest BCUT2D eigenvalue weighted by atomic mass is 9.82. The average molecular weight is 481 g/mol. The van der Waals surface area contributed by atoms with E-state index in [1.54, 1.807) is 0 Å². The van der Waals surface area contributed by atoms with Crippen LogP contribution in [-0.4, -0.2) is 45.5 Å². The molecule has 7 nitrogen and oxygen atoms in total. The van der Waals surface area contributed by atoms with Crippen LogP contribution in [0.4, 0.5) is 11.5 Å². The molecule has 1 aliphatic rings. The minimum atomic E-state index is -1.22. The number of piperidine rings is 1. The molecule has 2 unspecified atom stereocenters. The number of hydrogen-bond acceptors (Lipinski definition) is 7. The zero-order valence-electron chi connectivity index (χ0n) is 20.0. The first kappa shape index (κ1) is 23.8. The largest absolute Gasteiger partial charge is 0.457 e. The lowest BCUT2D eigenvalue weighted by Crippen LogP contribution is -2.50. The lowest BCUT2D eigenvalue weighted by Gasteiger charge is -2.35. The Balaban J connectivity index is 1.40. The predicted molar refractivity (Wildman–Crippen MR) is 140 cm³/mol. The standard InChI is InChI=1S/C29H28N4O3/c1-20-15-23(8-10-27(20)36-24-5-3-2-4-6-24)33-28-25-16-21(7-9-26(25)31-19-32-28)11-12-29(35)13-14-30-17-22(29)18-34/h2-10,15-16,19,22,30,34-35H,13-14,17-18H2,1H3,(H,31,32,33). The number of para-hydroxylation sites is 1. The summed E-state index contributed by atoms with van der Waals surface area (Å²) in [6.45, 7) is 3.08. The summed E-state index contributed by atoms with van der Waals surface area (Å²) in [5.74, 6) is 8.03. The number of aliphatic hydroxyl groups is 2. The quantitative estimate of drug-likeness (QED) is 0.318. The van der Waals surface area contributed by atoms with E-state index >= 15 is 0 Å². The second-order valence-corrected chi connectivity index (χ2v) is 8.98. The summed E-state index contributed by atoms with van der Waals surface area (Å²) < 4.78 is 5.99. The molecular formula is C29H28N4O3. The topological polar surface area (TPSA) is 99.5 Å². The molecule has 1 saturated heterocycles. The van der Waals surface area contributed by atoms with Crippen molar-refractivity contribution in [1.82, 2.24) is 15.3 Å². The van der Waals surface area contributed by atoms with Crippen LogP contribution in [0.25, 0.3) is 10.9 Å². The summed E-state index contributed by atoms with van der Waals surface area (Å²) in [5.41, 5.74) is 2.17. The van der Waals surface area contributed by atoms with Gasteiger partial charge in [0.05, 0.1) is 12.1 Å². The molecule has 0 aliphatic carbocycles. The average Bonchev–Trinajstić information content (AvgIpc) is 2.90. The Morgan fingerprint density at radius 3 is 2.78 bits per heavy atom. The minimum absolute atomic E-state index is 0.119. The fraction of sp³-hybridized carbons (Fsp3) is 0.241. The van der Waals surface area contributed by atoms with Crippen LogP contribution in [0, 0.1) is 24.7 Å². The maximum atomic E-state index is 11.0. The zero-order valence-corrected chi connectivity index (χ0v) is 20.0. The summed E-state index contributed by atoms with van der Waals surface area (Å²) in [7, 11) is 0. The fourth-order valence-corrected chi connectivity index (χ4v) is 4.32. The van der Waals surface area contributed by atoms with Crippen molar-refractivity contribution in [3.05, 3.63) is 84.2 Å². The first-order valence-electron chi connectivity index (χ1n) is 12.0. The third kappa shape index (κ3) is 5.16. The monoisotopic (exact) mass is 480 g/mol. The highest BCUT2D eigenvalue weighted by atomic mass is 16.5. The number of benzene rings is 3. The number of fused-ring (bicyclic) bond motifs is 1. The second-order valence-electron chi connectivity index (χ2n) is 8.98. The lowest BCUT2D eigenvalue weighted by molar-refractivity contribution is -0.0119. The van der Waals surface area contributed by atoms with E-state index in [1.807, 2.05) is 73.7 Å². The van der Waals surface area contributed by atoms with E-state index in [9.17, 15) is 10.2 Å². The van der Waals surface area contributed by atoms with Gasteiger partial charge >= 0.3 is 0 Å². The van der Waals surface area contributed by atoms with E-state index in [2.05, 4.69) is 32.4 Å². The van der Waals surface area contributed by atoms with Gasteiger partial charge in [0.2, 0.25) is 0 Å². The summed E-state index contributed by atoms with van der Waals surface area (Å²) in [4.78, 5) is 8.84. The van der Waals surface area contributed by atoms with Crippen LogP contribution in [0.5, 0.6) is 11.5 Å². The van der Waals surface area contributed by atoms with Crippen molar-refractivity contribution in [3.8, 4) is 23.3 Å². The van der Waals surface area contributed by atoms with Crippen molar-refractivity contribution >= 4 is 22.4 Å². The van der Waals surface area contributed by atoms with Crippen LogP contribution in [0.15, 0.2) is 73.1 Å². The van der Waals surface area contributed by atoms with Crippen molar-refractivity contribution < 1.29 is 14.9 Å². The van der Waals surface area contributed by atoms with Crippen LogP contribution >= 0.6 is 0 Å². The Labute approximate surface area is 210 Å². The van der Waals surface area contributed by atoms with Gasteiger partial charge in [-0.2, -0.15) is 0 Å². The number of nitrogens with one attached hydrogen (secondary N) is 2. The molecule has 7 heteroatoms. The molecule has 4 aromatic rings. The maximum absolute atomic E-state index is 11.0. The molecular weight excluding hydrogens is 452 g/mol. The van der Waals surface area contributed by atoms with Gasteiger partial charge in [0.15, 0.2) is 0 Å². The molecule has 36 heavy (non-hydrogen) atoms. The summed E-state index contributed by atoms with van der Waals surface area (Å²) in [6, 6.07) is 21.3. The van der Waals surface area contributed by atoms with E-state index in [0.717, 1.165) is 39.2 Å². The summed E-state index contributed by atoms with van der Waals surface area (Å²) >= 11 is 0. The maximum Gasteiger partial charge on any atom is 0.141 e. The Morgan fingerprint density at radius 2 is 1.97 bits per heavy atom. The van der Waals surface area contributed by atoms with Crippen LogP contribution in [0.3, 0.4) is 0 Å². The van der Waals surface area contributed by atoms with E-state index in [1.165, 1.54) is 6.33 Å². The van der Waals surface area contributed by atoms with Crippen molar-refractivity contribution in [2.24, 2.45) is 5.92 Å². The highest BCUT2D eigenvalue weighted by Gasteiger charge is 2.36. The molecule has 0 spiro atoms. The first-order chi connectivity index (χ1) is 17.5. The molecule has 2 atom stereocenters. The van der Waals surface area contributed by atoms with E-state index in [-0.39, 0.29) is 12.5 Å². The fourth-order valence-electron chi connectivity index (χ4n) is 4.32. The van der Waals surface area contributed by atoms with E-state index in [0.29, 0.717) is 25.3 Å². The molecule has 0 radical (unpaired) electrons. The molecule has 3 aromatic carbocycles. The number of rotatable bonds is 5. The Morgan fingerprint density at radius 1 is 1.11 bits per heavy atom. The van der Waals surface area contributed by atoms with Gasteiger partial charge in [-0.3, -0.25) is 0 Å². The highest BCUT2D eigenvalue weighted by Crippen LogP contribution is 2.30. The highest BCUT2D eigenvalue weighted by molar-refractivity contribution is 5.91. The van der Waals surface area contributed by atoms with Crippen molar-refractivity contribution in [1.29, 1.82) is 0 Å².